The SMILES string of the molecule is O=CNCC(=O)N1CCC(=C2c3ccccc3C=Cc3ccccc32)CC1. The second kappa shape index (κ2) is 7.62. The summed E-state index contributed by atoms with van der Waals surface area (Å²) in [4.78, 5) is 24.4. The first-order valence-electron chi connectivity index (χ1n) is 9.31. The maximum absolute atomic E-state index is 12.2. The molecule has 1 N–H and O–H groups in total. The van der Waals surface area contributed by atoms with Crippen LogP contribution in [0.2, 0.25) is 0 Å². The van der Waals surface area contributed by atoms with Crippen LogP contribution in [0, 0.1) is 0 Å². The Kier molecular flexibility index (Phi) is 4.88. The molecule has 0 unspecified atom stereocenters. The minimum absolute atomic E-state index is 0.0190. The Morgan fingerprint density at radius 1 is 0.926 bits per heavy atom. The van der Waals surface area contributed by atoms with Gasteiger partial charge in [-0.1, -0.05) is 66.3 Å². The summed E-state index contributed by atoms with van der Waals surface area (Å²) in [6.07, 6.45) is 6.65. The molecule has 1 aliphatic heterocycles. The first-order valence-corrected chi connectivity index (χ1v) is 9.31. The van der Waals surface area contributed by atoms with Crippen LogP contribution in [-0.2, 0) is 9.59 Å². The van der Waals surface area contributed by atoms with Gasteiger partial charge < -0.3 is 10.2 Å². The zero-order valence-corrected chi connectivity index (χ0v) is 15.2. The van der Waals surface area contributed by atoms with Gasteiger partial charge in [-0.05, 0) is 40.7 Å². The lowest BCUT2D eigenvalue weighted by Gasteiger charge is -2.30. The van der Waals surface area contributed by atoms with Gasteiger partial charge in [0.05, 0.1) is 6.54 Å². The van der Waals surface area contributed by atoms with Gasteiger partial charge in [-0.2, -0.15) is 0 Å². The zero-order chi connectivity index (χ0) is 18.6. The van der Waals surface area contributed by atoms with Crippen LogP contribution in [0.25, 0.3) is 17.7 Å². The van der Waals surface area contributed by atoms with E-state index in [1.807, 2.05) is 4.90 Å². The molecule has 27 heavy (non-hydrogen) atoms. The third kappa shape index (κ3) is 3.43. The van der Waals surface area contributed by atoms with Gasteiger partial charge in [0.25, 0.3) is 0 Å². The van der Waals surface area contributed by atoms with Gasteiger partial charge in [-0.15, -0.1) is 0 Å². The Morgan fingerprint density at radius 3 is 2.04 bits per heavy atom. The van der Waals surface area contributed by atoms with Crippen LogP contribution in [0.5, 0.6) is 0 Å². The van der Waals surface area contributed by atoms with Gasteiger partial charge in [0.2, 0.25) is 12.3 Å². The number of nitrogens with one attached hydrogen (secondary N) is 1. The first kappa shape index (κ1) is 17.3. The molecule has 1 fully saturated rings. The number of carbonyl (C=O) groups excluding carboxylic acids is 2. The van der Waals surface area contributed by atoms with E-state index < -0.39 is 0 Å². The van der Waals surface area contributed by atoms with Gasteiger partial charge in [-0.3, -0.25) is 9.59 Å². The minimum Gasteiger partial charge on any atom is -0.350 e. The number of fused-ring (bicyclic) bond motifs is 2. The molecule has 4 heteroatoms. The molecule has 2 aliphatic rings. The summed E-state index contributed by atoms with van der Waals surface area (Å²) in [6, 6.07) is 17.0. The van der Waals surface area contributed by atoms with Crippen LogP contribution in [0.1, 0.15) is 35.1 Å². The number of nitrogens with zero attached hydrogens (tertiary/aromatic N) is 1. The van der Waals surface area contributed by atoms with Gasteiger partial charge in [0.15, 0.2) is 0 Å². The molecule has 0 radical (unpaired) electrons. The first-order chi connectivity index (χ1) is 13.3. The smallest absolute Gasteiger partial charge is 0.241 e. The number of amides is 2. The number of hydrogen-bond donors (Lipinski definition) is 1. The number of rotatable bonds is 3. The van der Waals surface area contributed by atoms with E-state index in [4.69, 9.17) is 0 Å². The van der Waals surface area contributed by atoms with E-state index in [1.54, 1.807) is 0 Å². The van der Waals surface area contributed by atoms with Crippen LogP contribution in [0.3, 0.4) is 0 Å². The van der Waals surface area contributed by atoms with Crippen molar-refractivity contribution in [2.75, 3.05) is 19.6 Å². The van der Waals surface area contributed by atoms with Crippen molar-refractivity contribution in [2.45, 2.75) is 12.8 Å². The summed E-state index contributed by atoms with van der Waals surface area (Å²) < 4.78 is 0. The lowest BCUT2D eigenvalue weighted by molar-refractivity contribution is -0.131. The molecule has 2 aromatic carbocycles. The lowest BCUT2D eigenvalue weighted by atomic mass is 9.86. The number of piperidine rings is 1. The highest BCUT2D eigenvalue weighted by Crippen LogP contribution is 2.38. The van der Waals surface area contributed by atoms with Crippen LogP contribution < -0.4 is 5.32 Å². The fraction of sp³-hybridized carbons (Fsp3) is 0.217. The van der Waals surface area contributed by atoms with Gasteiger partial charge in [0, 0.05) is 13.1 Å². The molecule has 2 amide bonds. The minimum atomic E-state index is -0.0190. The molecule has 4 nitrogen and oxygen atoms in total. The Balaban J connectivity index is 1.70. The Hall–Kier alpha value is -3.14. The van der Waals surface area contributed by atoms with E-state index in [1.165, 1.54) is 33.4 Å². The zero-order valence-electron chi connectivity index (χ0n) is 15.2. The van der Waals surface area contributed by atoms with Gasteiger partial charge >= 0.3 is 0 Å². The van der Waals surface area contributed by atoms with Crippen molar-refractivity contribution < 1.29 is 9.59 Å². The number of likely N-dealkylation sites (tertiary alicyclic amines) is 1. The molecule has 0 spiro atoms. The van der Waals surface area contributed by atoms with Crippen molar-refractivity contribution in [3.63, 3.8) is 0 Å². The van der Waals surface area contributed by atoms with Crippen molar-refractivity contribution in [3.8, 4) is 0 Å². The van der Waals surface area contributed by atoms with E-state index in [2.05, 4.69) is 66.0 Å². The molecule has 1 saturated heterocycles. The molecule has 0 bridgehead atoms. The molecule has 0 aromatic heterocycles. The third-order valence-electron chi connectivity index (χ3n) is 5.31. The van der Waals surface area contributed by atoms with Crippen molar-refractivity contribution in [2.24, 2.45) is 0 Å². The Labute approximate surface area is 159 Å². The van der Waals surface area contributed by atoms with Gasteiger partial charge in [-0.25, -0.2) is 0 Å². The average molecular weight is 358 g/mol. The molecule has 1 heterocycles. The van der Waals surface area contributed by atoms with E-state index >= 15 is 0 Å². The van der Waals surface area contributed by atoms with Crippen molar-refractivity contribution in [1.29, 1.82) is 0 Å². The van der Waals surface area contributed by atoms with E-state index in [0.717, 1.165) is 12.8 Å². The molecular weight excluding hydrogens is 336 g/mol. The summed E-state index contributed by atoms with van der Waals surface area (Å²) in [5, 5.41) is 2.46. The monoisotopic (exact) mass is 358 g/mol. The predicted molar refractivity (Wildman–Crippen MR) is 108 cm³/mol. The van der Waals surface area contributed by atoms with E-state index in [-0.39, 0.29) is 12.5 Å². The fourth-order valence-corrected chi connectivity index (χ4v) is 3.96. The third-order valence-corrected chi connectivity index (χ3v) is 5.31. The van der Waals surface area contributed by atoms with E-state index in [9.17, 15) is 9.59 Å². The second-order valence-electron chi connectivity index (χ2n) is 6.87. The largest absolute Gasteiger partial charge is 0.350 e. The quantitative estimate of drug-likeness (QED) is 0.730. The summed E-state index contributed by atoms with van der Waals surface area (Å²) in [5.74, 6) is -0.0190. The van der Waals surface area contributed by atoms with E-state index in [0.29, 0.717) is 19.5 Å². The fourth-order valence-electron chi connectivity index (χ4n) is 3.96. The van der Waals surface area contributed by atoms with Crippen LogP contribution in [0.4, 0.5) is 0 Å². The van der Waals surface area contributed by atoms with Crippen molar-refractivity contribution in [1.82, 2.24) is 10.2 Å². The summed E-state index contributed by atoms with van der Waals surface area (Å²) in [5.41, 5.74) is 7.68. The molecule has 0 atom stereocenters. The second-order valence-corrected chi connectivity index (χ2v) is 6.87. The standard InChI is InChI=1S/C23H22N2O2/c26-16-24-15-22(27)25-13-11-19(12-14-25)23-20-7-3-1-5-17(20)9-10-18-6-2-4-8-21(18)23/h1-10,16H,11-15H2,(H,24,26). The summed E-state index contributed by atoms with van der Waals surface area (Å²) in [7, 11) is 0. The highest BCUT2D eigenvalue weighted by Gasteiger charge is 2.24. The normalized spacial score (nSPS) is 15.6. The predicted octanol–water partition coefficient (Wildman–Crippen LogP) is 3.34. The molecule has 2 aromatic rings. The van der Waals surface area contributed by atoms with Crippen LogP contribution in [0.15, 0.2) is 54.1 Å². The highest BCUT2D eigenvalue weighted by atomic mass is 16.2. The van der Waals surface area contributed by atoms with Gasteiger partial charge in [0.1, 0.15) is 0 Å². The molecule has 0 saturated carbocycles. The molecular formula is C23H22N2O2. The average Bonchev–Trinajstić information content (AvgIpc) is 2.89. The topological polar surface area (TPSA) is 49.4 Å². The number of benzene rings is 2. The van der Waals surface area contributed by atoms with Crippen LogP contribution >= 0.6 is 0 Å². The Bertz CT molecular complexity index is 881. The van der Waals surface area contributed by atoms with Crippen molar-refractivity contribution >= 4 is 30.0 Å². The number of hydrogen-bond acceptors (Lipinski definition) is 2. The summed E-state index contributed by atoms with van der Waals surface area (Å²) in [6.45, 7) is 1.46. The number of carbonyl (C=O) groups is 2. The highest BCUT2D eigenvalue weighted by molar-refractivity contribution is 5.95. The molecule has 4 rings (SSSR count). The van der Waals surface area contributed by atoms with Crippen LogP contribution in [-0.4, -0.2) is 36.9 Å². The van der Waals surface area contributed by atoms with Crippen molar-refractivity contribution in [3.05, 3.63) is 76.4 Å². The Morgan fingerprint density at radius 2 is 1.48 bits per heavy atom. The maximum atomic E-state index is 12.2. The lowest BCUT2D eigenvalue weighted by Crippen LogP contribution is -2.41. The summed E-state index contributed by atoms with van der Waals surface area (Å²) >= 11 is 0. The molecule has 136 valence electrons. The molecule has 1 aliphatic carbocycles. The maximum Gasteiger partial charge on any atom is 0.241 e.